The fourth-order valence-corrected chi connectivity index (χ4v) is 2.39. The molecule has 1 saturated carbocycles. The van der Waals surface area contributed by atoms with Crippen LogP contribution in [0.4, 0.5) is 18.9 Å². The standard InChI is InChI=1S/C19H27N3O3.C2HF3O2/c1-12(2)18(20)19(24)22-16(13-4-5-13)10-11-17(23)21-14-6-8-15(25-3)9-7-14;3-2(4,5)1(6)7/h6-13,16,18H,4-5,20H2,1-3H3,(H,21,23)(H,22,24);(H,6,7)/b11-10+;/t16-,18+;/m1./s1. The minimum Gasteiger partial charge on any atom is -0.497 e. The summed E-state index contributed by atoms with van der Waals surface area (Å²) < 4.78 is 36.8. The molecule has 1 aliphatic rings. The lowest BCUT2D eigenvalue weighted by Crippen LogP contribution is -2.48. The molecule has 1 aliphatic carbocycles. The van der Waals surface area contributed by atoms with Gasteiger partial charge in [0, 0.05) is 11.8 Å². The number of methoxy groups -OCH3 is 1. The molecule has 0 radical (unpaired) electrons. The molecule has 32 heavy (non-hydrogen) atoms. The highest BCUT2D eigenvalue weighted by Gasteiger charge is 2.38. The van der Waals surface area contributed by atoms with Crippen LogP contribution in [0.25, 0.3) is 0 Å². The average Bonchev–Trinajstić information content (AvgIpc) is 3.55. The van der Waals surface area contributed by atoms with Crippen molar-refractivity contribution in [2.75, 3.05) is 12.4 Å². The Morgan fingerprint density at radius 3 is 2.12 bits per heavy atom. The number of carboxylic acid groups (broad SMARTS) is 1. The maximum Gasteiger partial charge on any atom is 0.490 e. The molecule has 0 saturated heterocycles. The van der Waals surface area contributed by atoms with E-state index in [-0.39, 0.29) is 23.8 Å². The highest BCUT2D eigenvalue weighted by atomic mass is 19.4. The van der Waals surface area contributed by atoms with Crippen LogP contribution < -0.4 is 21.1 Å². The first kappa shape index (κ1) is 27.0. The van der Waals surface area contributed by atoms with Gasteiger partial charge in [0.25, 0.3) is 0 Å². The number of benzene rings is 1. The third-order valence-electron chi connectivity index (χ3n) is 4.51. The molecule has 1 fully saturated rings. The van der Waals surface area contributed by atoms with Gasteiger partial charge in [0.15, 0.2) is 0 Å². The number of hydrogen-bond acceptors (Lipinski definition) is 5. The average molecular weight is 459 g/mol. The zero-order valence-electron chi connectivity index (χ0n) is 18.0. The van der Waals surface area contributed by atoms with E-state index in [0.717, 1.165) is 18.6 Å². The van der Waals surface area contributed by atoms with E-state index in [4.69, 9.17) is 20.4 Å². The predicted octanol–water partition coefficient (Wildman–Crippen LogP) is 2.70. The summed E-state index contributed by atoms with van der Waals surface area (Å²) in [5.41, 5.74) is 6.57. The maximum absolute atomic E-state index is 12.1. The lowest BCUT2D eigenvalue weighted by molar-refractivity contribution is -0.192. The van der Waals surface area contributed by atoms with E-state index in [2.05, 4.69) is 10.6 Å². The molecule has 0 heterocycles. The molecule has 0 aromatic heterocycles. The number of carbonyl (C=O) groups is 3. The smallest absolute Gasteiger partial charge is 0.490 e. The fraction of sp³-hybridized carbons (Fsp3) is 0.476. The van der Waals surface area contributed by atoms with E-state index in [1.54, 1.807) is 37.5 Å². The molecule has 8 nitrogen and oxygen atoms in total. The topological polar surface area (TPSA) is 131 Å². The molecule has 2 atom stereocenters. The first-order valence-electron chi connectivity index (χ1n) is 9.84. The normalized spacial score (nSPS) is 15.4. The molecule has 1 aromatic rings. The Balaban J connectivity index is 0.000000633. The van der Waals surface area contributed by atoms with E-state index in [1.807, 2.05) is 13.8 Å². The van der Waals surface area contributed by atoms with Crippen LogP contribution >= 0.6 is 0 Å². The van der Waals surface area contributed by atoms with Crippen LogP contribution in [0.1, 0.15) is 26.7 Å². The van der Waals surface area contributed by atoms with Crippen molar-refractivity contribution < 1.29 is 37.4 Å². The van der Waals surface area contributed by atoms with Gasteiger partial charge in [-0.15, -0.1) is 0 Å². The van der Waals surface area contributed by atoms with Crippen LogP contribution in [0, 0.1) is 11.8 Å². The lowest BCUT2D eigenvalue weighted by atomic mass is 10.0. The summed E-state index contributed by atoms with van der Waals surface area (Å²) in [7, 11) is 1.59. The van der Waals surface area contributed by atoms with Gasteiger partial charge in [-0.1, -0.05) is 19.9 Å². The summed E-state index contributed by atoms with van der Waals surface area (Å²) in [5, 5.41) is 12.9. The third-order valence-corrected chi connectivity index (χ3v) is 4.51. The van der Waals surface area contributed by atoms with Crippen molar-refractivity contribution in [2.24, 2.45) is 17.6 Å². The largest absolute Gasteiger partial charge is 0.497 e. The minimum absolute atomic E-state index is 0.0715. The number of nitrogens with one attached hydrogen (secondary N) is 2. The summed E-state index contributed by atoms with van der Waals surface area (Å²) in [5.74, 6) is -1.99. The van der Waals surface area contributed by atoms with Gasteiger partial charge in [-0.05, 0) is 48.9 Å². The SMILES string of the molecule is COc1ccc(NC(=O)/C=C/[C@@H](NC(=O)[C@@H](N)C(C)C)C2CC2)cc1.O=C(O)C(F)(F)F. The number of carbonyl (C=O) groups excluding carboxylic acids is 2. The highest BCUT2D eigenvalue weighted by Crippen LogP contribution is 2.33. The van der Waals surface area contributed by atoms with Gasteiger partial charge in [-0.3, -0.25) is 9.59 Å². The number of anilines is 1. The molecule has 0 bridgehead atoms. The van der Waals surface area contributed by atoms with Crippen molar-refractivity contribution in [3.8, 4) is 5.75 Å². The molecular formula is C21H28F3N3O5. The summed E-state index contributed by atoms with van der Waals surface area (Å²) in [4.78, 5) is 33.1. The zero-order valence-corrected chi connectivity index (χ0v) is 18.0. The molecular weight excluding hydrogens is 431 g/mol. The number of amides is 2. The molecule has 2 rings (SSSR count). The molecule has 5 N–H and O–H groups in total. The van der Waals surface area contributed by atoms with Crippen molar-refractivity contribution in [1.82, 2.24) is 5.32 Å². The molecule has 2 amide bonds. The second-order valence-corrected chi connectivity index (χ2v) is 7.52. The summed E-state index contributed by atoms with van der Waals surface area (Å²) >= 11 is 0. The number of carboxylic acids is 1. The van der Waals surface area contributed by atoms with Crippen LogP contribution in [-0.4, -0.2) is 48.3 Å². The van der Waals surface area contributed by atoms with E-state index >= 15 is 0 Å². The second kappa shape index (κ2) is 12.1. The summed E-state index contributed by atoms with van der Waals surface area (Å²) in [6.07, 6.45) is 0.231. The Labute approximate surface area is 184 Å². The van der Waals surface area contributed by atoms with Crippen molar-refractivity contribution in [2.45, 2.75) is 44.9 Å². The molecule has 1 aromatic carbocycles. The molecule has 0 unspecified atom stereocenters. The van der Waals surface area contributed by atoms with Crippen LogP contribution in [0.5, 0.6) is 5.75 Å². The molecule has 11 heteroatoms. The Kier molecular flexibility index (Phi) is 10.2. The number of rotatable bonds is 8. The van der Waals surface area contributed by atoms with Gasteiger partial charge in [0.1, 0.15) is 5.75 Å². The van der Waals surface area contributed by atoms with Crippen LogP contribution in [0.15, 0.2) is 36.4 Å². The monoisotopic (exact) mass is 459 g/mol. The van der Waals surface area contributed by atoms with Crippen molar-refractivity contribution in [1.29, 1.82) is 0 Å². The van der Waals surface area contributed by atoms with E-state index < -0.39 is 18.2 Å². The number of halogens is 3. The number of ether oxygens (including phenoxy) is 1. The van der Waals surface area contributed by atoms with Gasteiger partial charge in [-0.2, -0.15) is 13.2 Å². The Morgan fingerprint density at radius 1 is 1.19 bits per heavy atom. The van der Waals surface area contributed by atoms with E-state index in [0.29, 0.717) is 11.6 Å². The van der Waals surface area contributed by atoms with Crippen molar-refractivity contribution >= 4 is 23.5 Å². The number of aliphatic carboxylic acids is 1. The van der Waals surface area contributed by atoms with Gasteiger partial charge >= 0.3 is 12.1 Å². The first-order chi connectivity index (χ1) is 14.8. The predicted molar refractivity (Wildman–Crippen MR) is 112 cm³/mol. The summed E-state index contributed by atoms with van der Waals surface area (Å²) in [6.45, 7) is 3.82. The Morgan fingerprint density at radius 2 is 1.72 bits per heavy atom. The maximum atomic E-state index is 12.1. The van der Waals surface area contributed by atoms with Crippen LogP contribution in [0.2, 0.25) is 0 Å². The Hall–Kier alpha value is -3.08. The number of nitrogens with two attached hydrogens (primary N) is 1. The van der Waals surface area contributed by atoms with Crippen molar-refractivity contribution in [3.05, 3.63) is 36.4 Å². The second-order valence-electron chi connectivity index (χ2n) is 7.52. The van der Waals surface area contributed by atoms with Gasteiger partial charge < -0.3 is 26.2 Å². The quantitative estimate of drug-likeness (QED) is 0.442. The first-order valence-corrected chi connectivity index (χ1v) is 9.84. The Bertz CT molecular complexity index is 806. The zero-order chi connectivity index (χ0) is 24.5. The minimum atomic E-state index is -5.08. The van der Waals surface area contributed by atoms with Gasteiger partial charge in [0.2, 0.25) is 11.8 Å². The molecule has 0 spiro atoms. The molecule has 178 valence electrons. The fourth-order valence-electron chi connectivity index (χ4n) is 2.39. The lowest BCUT2D eigenvalue weighted by Gasteiger charge is -2.20. The van der Waals surface area contributed by atoms with E-state index in [1.165, 1.54) is 6.08 Å². The number of alkyl halides is 3. The van der Waals surface area contributed by atoms with Crippen molar-refractivity contribution in [3.63, 3.8) is 0 Å². The molecule has 0 aliphatic heterocycles. The summed E-state index contributed by atoms with van der Waals surface area (Å²) in [6, 6.07) is 6.40. The van der Waals surface area contributed by atoms with E-state index in [9.17, 15) is 22.8 Å². The number of hydrogen-bond donors (Lipinski definition) is 4. The third kappa shape index (κ3) is 9.82. The highest BCUT2D eigenvalue weighted by molar-refractivity contribution is 5.99. The van der Waals surface area contributed by atoms with Gasteiger partial charge in [-0.25, -0.2) is 4.79 Å². The van der Waals surface area contributed by atoms with Crippen LogP contribution in [-0.2, 0) is 14.4 Å². The van der Waals surface area contributed by atoms with Gasteiger partial charge in [0.05, 0.1) is 19.2 Å². The van der Waals surface area contributed by atoms with Crippen LogP contribution in [0.3, 0.4) is 0 Å².